The average molecular weight is 169 g/mol. The van der Waals surface area contributed by atoms with Gasteiger partial charge >= 0.3 is 0 Å². The summed E-state index contributed by atoms with van der Waals surface area (Å²) >= 11 is 0. The molecule has 0 N–H and O–H groups in total. The van der Waals surface area contributed by atoms with Crippen LogP contribution in [0.25, 0.3) is 0 Å². The first kappa shape index (κ1) is 10.0. The Morgan fingerprint density at radius 1 is 1.08 bits per heavy atom. The lowest BCUT2D eigenvalue weighted by Crippen LogP contribution is -2.22. The summed E-state index contributed by atoms with van der Waals surface area (Å²) in [5, 5.41) is 0. The van der Waals surface area contributed by atoms with Crippen LogP contribution in [0.5, 0.6) is 0 Å². The minimum atomic E-state index is 0.685. The van der Waals surface area contributed by atoms with Gasteiger partial charge in [0.1, 0.15) is 0 Å². The second-order valence-corrected chi connectivity index (χ2v) is 4.36. The Kier molecular flexibility index (Phi) is 3.57. The fourth-order valence-electron chi connectivity index (χ4n) is 2.35. The molecule has 1 heterocycles. The monoisotopic (exact) mass is 169 g/mol. The number of likely N-dealkylation sites (tertiary alicyclic amines) is 1. The van der Waals surface area contributed by atoms with Crippen molar-refractivity contribution in [2.75, 3.05) is 20.1 Å². The predicted octanol–water partition coefficient (Wildman–Crippen LogP) is 2.91. The van der Waals surface area contributed by atoms with E-state index in [2.05, 4.69) is 25.8 Å². The molecule has 0 unspecified atom stereocenters. The summed E-state index contributed by atoms with van der Waals surface area (Å²) in [6, 6.07) is 0. The van der Waals surface area contributed by atoms with Gasteiger partial charge in [0.2, 0.25) is 0 Å². The van der Waals surface area contributed by atoms with E-state index >= 15 is 0 Å². The number of nitrogens with zero attached hydrogens (tertiary/aromatic N) is 1. The van der Waals surface area contributed by atoms with Gasteiger partial charge in [-0.3, -0.25) is 0 Å². The summed E-state index contributed by atoms with van der Waals surface area (Å²) in [7, 11) is 2.25. The molecule has 1 rings (SSSR count). The lowest BCUT2D eigenvalue weighted by molar-refractivity contribution is 0.220. The van der Waals surface area contributed by atoms with Gasteiger partial charge in [0, 0.05) is 0 Å². The fraction of sp³-hybridized carbons (Fsp3) is 1.00. The zero-order valence-electron chi connectivity index (χ0n) is 8.90. The van der Waals surface area contributed by atoms with E-state index in [-0.39, 0.29) is 0 Å². The maximum Gasteiger partial charge on any atom is -0.00165 e. The topological polar surface area (TPSA) is 3.24 Å². The zero-order valence-corrected chi connectivity index (χ0v) is 8.90. The Morgan fingerprint density at radius 2 is 1.75 bits per heavy atom. The molecule has 0 aromatic carbocycles. The molecule has 0 spiro atoms. The predicted molar refractivity (Wildman–Crippen MR) is 54.4 cm³/mol. The van der Waals surface area contributed by atoms with E-state index in [9.17, 15) is 0 Å². The SMILES string of the molecule is CCC1(CC)CCCN(C)CC1. The van der Waals surface area contributed by atoms with Crippen LogP contribution < -0.4 is 0 Å². The Morgan fingerprint density at radius 3 is 2.33 bits per heavy atom. The lowest BCUT2D eigenvalue weighted by atomic mass is 9.76. The Hall–Kier alpha value is -0.0400. The molecule has 0 amide bonds. The minimum Gasteiger partial charge on any atom is -0.306 e. The van der Waals surface area contributed by atoms with Crippen molar-refractivity contribution >= 4 is 0 Å². The van der Waals surface area contributed by atoms with E-state index in [0.717, 1.165) is 0 Å². The molecule has 1 aliphatic heterocycles. The van der Waals surface area contributed by atoms with Crippen molar-refractivity contribution < 1.29 is 0 Å². The van der Waals surface area contributed by atoms with E-state index in [1.54, 1.807) is 0 Å². The van der Waals surface area contributed by atoms with Crippen molar-refractivity contribution in [2.24, 2.45) is 5.41 Å². The molecule has 0 aromatic rings. The highest BCUT2D eigenvalue weighted by Crippen LogP contribution is 2.37. The fourth-order valence-corrected chi connectivity index (χ4v) is 2.35. The molecular weight excluding hydrogens is 146 g/mol. The van der Waals surface area contributed by atoms with Gasteiger partial charge in [-0.05, 0) is 44.8 Å². The molecule has 1 saturated heterocycles. The van der Waals surface area contributed by atoms with Crippen molar-refractivity contribution in [1.82, 2.24) is 4.90 Å². The van der Waals surface area contributed by atoms with Crippen LogP contribution in [-0.4, -0.2) is 25.0 Å². The van der Waals surface area contributed by atoms with E-state index in [1.807, 2.05) is 0 Å². The van der Waals surface area contributed by atoms with Crippen LogP contribution in [0.1, 0.15) is 46.0 Å². The molecule has 0 atom stereocenters. The molecule has 1 aliphatic rings. The van der Waals surface area contributed by atoms with Gasteiger partial charge in [0.05, 0.1) is 0 Å². The van der Waals surface area contributed by atoms with Crippen LogP contribution in [0.2, 0.25) is 0 Å². The van der Waals surface area contributed by atoms with Crippen LogP contribution in [-0.2, 0) is 0 Å². The van der Waals surface area contributed by atoms with Gasteiger partial charge in [-0.1, -0.05) is 26.7 Å². The molecule has 1 heteroatoms. The van der Waals surface area contributed by atoms with Gasteiger partial charge < -0.3 is 4.90 Å². The second-order valence-electron chi connectivity index (χ2n) is 4.36. The summed E-state index contributed by atoms with van der Waals surface area (Å²) < 4.78 is 0. The molecule has 0 aliphatic carbocycles. The number of hydrogen-bond acceptors (Lipinski definition) is 1. The molecule has 0 saturated carbocycles. The smallest absolute Gasteiger partial charge is 0.00165 e. The van der Waals surface area contributed by atoms with Crippen molar-refractivity contribution in [1.29, 1.82) is 0 Å². The maximum atomic E-state index is 2.48. The summed E-state index contributed by atoms with van der Waals surface area (Å²) in [5.74, 6) is 0. The summed E-state index contributed by atoms with van der Waals surface area (Å²) in [6.45, 7) is 7.33. The van der Waals surface area contributed by atoms with Crippen LogP contribution in [0.3, 0.4) is 0 Å². The van der Waals surface area contributed by atoms with E-state index in [4.69, 9.17) is 0 Å². The molecule has 1 nitrogen and oxygen atoms in total. The third-order valence-electron chi connectivity index (χ3n) is 3.77. The van der Waals surface area contributed by atoms with Crippen molar-refractivity contribution in [3.05, 3.63) is 0 Å². The van der Waals surface area contributed by atoms with E-state index in [0.29, 0.717) is 5.41 Å². The van der Waals surface area contributed by atoms with E-state index < -0.39 is 0 Å². The average Bonchev–Trinajstić information content (AvgIpc) is 2.28. The first-order valence-corrected chi connectivity index (χ1v) is 5.41. The van der Waals surface area contributed by atoms with Gasteiger partial charge in [-0.15, -0.1) is 0 Å². The summed E-state index contributed by atoms with van der Waals surface area (Å²) in [5.41, 5.74) is 0.685. The Labute approximate surface area is 77.1 Å². The van der Waals surface area contributed by atoms with Crippen LogP contribution in [0, 0.1) is 5.41 Å². The molecule has 0 bridgehead atoms. The number of hydrogen-bond donors (Lipinski definition) is 0. The maximum absolute atomic E-state index is 2.48. The summed E-state index contributed by atoms with van der Waals surface area (Å²) in [4.78, 5) is 2.48. The van der Waals surface area contributed by atoms with Crippen LogP contribution >= 0.6 is 0 Å². The standard InChI is InChI=1S/C11H23N/c1-4-11(5-2)7-6-9-12(3)10-8-11/h4-10H2,1-3H3. The highest BCUT2D eigenvalue weighted by molar-refractivity contribution is 4.80. The molecule has 1 fully saturated rings. The molecule has 12 heavy (non-hydrogen) atoms. The third kappa shape index (κ3) is 2.22. The van der Waals surface area contributed by atoms with Gasteiger partial charge in [-0.25, -0.2) is 0 Å². The van der Waals surface area contributed by atoms with E-state index in [1.165, 1.54) is 45.2 Å². The lowest BCUT2D eigenvalue weighted by Gasteiger charge is -2.30. The molecule has 0 aromatic heterocycles. The highest BCUT2D eigenvalue weighted by atomic mass is 15.1. The summed E-state index contributed by atoms with van der Waals surface area (Å²) in [6.07, 6.45) is 7.01. The highest BCUT2D eigenvalue weighted by Gasteiger charge is 2.27. The van der Waals surface area contributed by atoms with Crippen LogP contribution in [0.15, 0.2) is 0 Å². The normalized spacial score (nSPS) is 25.2. The first-order chi connectivity index (χ1) is 5.72. The van der Waals surface area contributed by atoms with Crippen molar-refractivity contribution in [3.63, 3.8) is 0 Å². The zero-order chi connectivity index (χ0) is 9.03. The van der Waals surface area contributed by atoms with Gasteiger partial charge in [0.15, 0.2) is 0 Å². The van der Waals surface area contributed by atoms with Gasteiger partial charge in [0.25, 0.3) is 0 Å². The Bertz CT molecular complexity index is 127. The minimum absolute atomic E-state index is 0.685. The molecule has 0 radical (unpaired) electrons. The number of rotatable bonds is 2. The third-order valence-corrected chi connectivity index (χ3v) is 3.77. The largest absolute Gasteiger partial charge is 0.306 e. The van der Waals surface area contributed by atoms with Crippen molar-refractivity contribution in [3.8, 4) is 0 Å². The van der Waals surface area contributed by atoms with Crippen LogP contribution in [0.4, 0.5) is 0 Å². The second kappa shape index (κ2) is 4.27. The Balaban J connectivity index is 2.52. The first-order valence-electron chi connectivity index (χ1n) is 5.41. The van der Waals surface area contributed by atoms with Crippen molar-refractivity contribution in [2.45, 2.75) is 46.0 Å². The molecule has 72 valence electrons. The van der Waals surface area contributed by atoms with Gasteiger partial charge in [-0.2, -0.15) is 0 Å². The molecular formula is C11H23N. The quantitative estimate of drug-likeness (QED) is 0.614.